The van der Waals surface area contributed by atoms with E-state index in [9.17, 15) is 9.59 Å². The molecule has 2 saturated heterocycles. The Hall–Kier alpha value is -3.12. The number of hydrogen-bond donors (Lipinski definition) is 3. The van der Waals surface area contributed by atoms with Crippen molar-refractivity contribution < 1.29 is 23.1 Å². The number of aromatic nitrogens is 3. The summed E-state index contributed by atoms with van der Waals surface area (Å²) in [4.78, 5) is 33.3. The molecule has 13 heteroatoms. The topological polar surface area (TPSA) is 131 Å². The predicted molar refractivity (Wildman–Crippen MR) is 160 cm³/mol. The summed E-state index contributed by atoms with van der Waals surface area (Å²) in [5, 5.41) is 17.6. The molecular formula is C31H33Cl2FN6O4. The van der Waals surface area contributed by atoms with E-state index in [2.05, 4.69) is 45.0 Å². The van der Waals surface area contributed by atoms with Gasteiger partial charge in [-0.1, -0.05) is 49.2 Å². The highest BCUT2D eigenvalue weighted by Crippen LogP contribution is 2.64. The molecule has 2 spiro atoms. The predicted octanol–water partition coefficient (Wildman–Crippen LogP) is 5.23. The van der Waals surface area contributed by atoms with Gasteiger partial charge in [0, 0.05) is 28.9 Å². The number of ether oxygens (including phenoxy) is 1. The number of fused-ring (bicyclic) bond motifs is 3. The summed E-state index contributed by atoms with van der Waals surface area (Å²) in [6.45, 7) is 4.64. The zero-order valence-corrected chi connectivity index (χ0v) is 25.8. The Morgan fingerprint density at radius 3 is 2.66 bits per heavy atom. The Morgan fingerprint density at radius 1 is 1.16 bits per heavy atom. The molecule has 1 saturated carbocycles. The van der Waals surface area contributed by atoms with Crippen molar-refractivity contribution in [3.05, 3.63) is 69.9 Å². The summed E-state index contributed by atoms with van der Waals surface area (Å²) in [5.74, 6) is -1.86. The van der Waals surface area contributed by atoms with Crippen molar-refractivity contribution in [1.82, 2.24) is 25.8 Å². The third kappa shape index (κ3) is 4.54. The fraction of sp³-hybridized carbons (Fsp3) is 0.516. The molecule has 5 atom stereocenters. The van der Waals surface area contributed by atoms with E-state index in [1.54, 1.807) is 24.4 Å². The fourth-order valence-electron chi connectivity index (χ4n) is 7.97. The molecule has 0 unspecified atom stereocenters. The van der Waals surface area contributed by atoms with Crippen molar-refractivity contribution in [2.24, 2.45) is 5.41 Å². The molecule has 7 rings (SSSR count). The van der Waals surface area contributed by atoms with Crippen molar-refractivity contribution in [2.75, 3.05) is 11.9 Å². The molecular weight excluding hydrogens is 610 g/mol. The fourth-order valence-corrected chi connectivity index (χ4v) is 8.31. The highest BCUT2D eigenvalue weighted by molar-refractivity contribution is 6.31. The Bertz CT molecular complexity index is 1600. The maximum atomic E-state index is 16.1. The van der Waals surface area contributed by atoms with E-state index in [0.717, 1.165) is 12.8 Å². The Kier molecular flexibility index (Phi) is 7.23. The second kappa shape index (κ2) is 10.8. The van der Waals surface area contributed by atoms with Crippen molar-refractivity contribution in [3.8, 4) is 0 Å². The Morgan fingerprint density at radius 2 is 1.95 bits per heavy atom. The van der Waals surface area contributed by atoms with E-state index in [1.165, 1.54) is 12.5 Å². The molecule has 44 heavy (non-hydrogen) atoms. The molecule has 3 aliphatic heterocycles. The standard InChI is InChI=1S/C31H33Cl2FN6O4/c1-29(2)8-10-30(11-9-29)31(18-13-35-22(33)12-20(18)38-28(31)42)23(17-4-3-5-19(32)24(17)34)25(39-30)26(41)37-16-6-7-21(43-14-16)27-40-36-15-44-27/h3-5,12-13,15-16,21,23,25,39H,6-11,14H2,1-2H3,(H,37,41)(H,38,42)/t16-,21+,23+,25-,31-/m1/s1. The van der Waals surface area contributed by atoms with Crippen LogP contribution in [0.1, 0.15) is 81.4 Å². The zero-order valence-electron chi connectivity index (χ0n) is 24.3. The summed E-state index contributed by atoms with van der Waals surface area (Å²) < 4.78 is 27.4. The molecule has 3 fully saturated rings. The van der Waals surface area contributed by atoms with Crippen LogP contribution >= 0.6 is 23.2 Å². The van der Waals surface area contributed by atoms with Crippen molar-refractivity contribution in [3.63, 3.8) is 0 Å². The maximum Gasteiger partial charge on any atom is 0.244 e. The molecule has 1 aliphatic carbocycles. The quantitative estimate of drug-likeness (QED) is 0.330. The first kappa shape index (κ1) is 29.6. The van der Waals surface area contributed by atoms with Gasteiger partial charge in [-0.3, -0.25) is 14.9 Å². The largest absolute Gasteiger partial charge is 0.425 e. The van der Waals surface area contributed by atoms with Crippen LogP contribution in [0.5, 0.6) is 0 Å². The van der Waals surface area contributed by atoms with Crippen molar-refractivity contribution in [2.45, 2.75) is 87.4 Å². The molecule has 4 aliphatic rings. The number of carbonyl (C=O) groups excluding carboxylic acids is 2. The molecule has 0 bridgehead atoms. The van der Waals surface area contributed by atoms with Crippen LogP contribution in [0.3, 0.4) is 0 Å². The lowest BCUT2D eigenvalue weighted by atomic mass is 9.53. The molecule has 2 aromatic heterocycles. The normalized spacial score (nSPS) is 30.3. The molecule has 3 N–H and O–H groups in total. The van der Waals surface area contributed by atoms with E-state index >= 15 is 4.39 Å². The van der Waals surface area contributed by atoms with Gasteiger partial charge in [0.25, 0.3) is 0 Å². The van der Waals surface area contributed by atoms with Crippen LogP contribution < -0.4 is 16.0 Å². The maximum absolute atomic E-state index is 16.1. The number of amides is 2. The van der Waals surface area contributed by atoms with Crippen molar-refractivity contribution in [1.29, 1.82) is 0 Å². The summed E-state index contributed by atoms with van der Waals surface area (Å²) in [5.41, 5.74) is -0.891. The second-order valence-corrected chi connectivity index (χ2v) is 14.0. The SMILES string of the molecule is CC1(C)CCC2(CC1)N[C@@H](C(=O)N[C@@H]1CC[C@@H](c3nnco3)OC1)[C@H](c1cccc(Cl)c1F)[C@]21C(=O)Nc2cc(Cl)ncc21. The van der Waals surface area contributed by atoms with E-state index in [0.29, 0.717) is 42.8 Å². The van der Waals surface area contributed by atoms with Gasteiger partial charge >= 0.3 is 0 Å². The van der Waals surface area contributed by atoms with E-state index < -0.39 is 28.7 Å². The third-order valence-corrected chi connectivity index (χ3v) is 10.7. The first-order valence-corrected chi connectivity index (χ1v) is 15.7. The number of halogens is 3. The first-order chi connectivity index (χ1) is 21.0. The minimum atomic E-state index is -1.37. The minimum absolute atomic E-state index is 0.0375. The molecule has 10 nitrogen and oxygen atoms in total. The van der Waals surface area contributed by atoms with Crippen LogP contribution in [0, 0.1) is 11.2 Å². The van der Waals surface area contributed by atoms with Gasteiger partial charge < -0.3 is 19.8 Å². The number of carbonyl (C=O) groups is 2. The van der Waals surface area contributed by atoms with E-state index in [-0.39, 0.29) is 51.7 Å². The molecule has 1 aromatic carbocycles. The lowest BCUT2D eigenvalue weighted by Gasteiger charge is -2.50. The van der Waals surface area contributed by atoms with Gasteiger partial charge in [0.2, 0.25) is 24.1 Å². The Balaban J connectivity index is 1.31. The van der Waals surface area contributed by atoms with Gasteiger partial charge in [-0.2, -0.15) is 0 Å². The number of pyridine rings is 1. The lowest BCUT2D eigenvalue weighted by Crippen LogP contribution is -2.61. The molecule has 232 valence electrons. The average molecular weight is 644 g/mol. The second-order valence-electron chi connectivity index (χ2n) is 13.2. The molecule has 5 heterocycles. The van der Waals surface area contributed by atoms with Crippen LogP contribution in [-0.2, 0) is 19.7 Å². The number of rotatable bonds is 4. The molecule has 2 amide bonds. The van der Waals surface area contributed by atoms with Crippen LogP contribution in [0.25, 0.3) is 0 Å². The van der Waals surface area contributed by atoms with Crippen LogP contribution in [0.4, 0.5) is 10.1 Å². The van der Waals surface area contributed by atoms with Gasteiger partial charge in [-0.25, -0.2) is 9.37 Å². The van der Waals surface area contributed by atoms with Gasteiger partial charge in [0.05, 0.1) is 23.7 Å². The van der Waals surface area contributed by atoms with Crippen LogP contribution in [-0.4, -0.2) is 51.2 Å². The summed E-state index contributed by atoms with van der Waals surface area (Å²) in [6.07, 6.45) is 6.48. The van der Waals surface area contributed by atoms with Crippen LogP contribution in [0.15, 0.2) is 41.3 Å². The van der Waals surface area contributed by atoms with Gasteiger partial charge in [-0.05, 0) is 61.6 Å². The summed E-state index contributed by atoms with van der Waals surface area (Å²) in [7, 11) is 0. The monoisotopic (exact) mass is 642 g/mol. The number of benzene rings is 1. The number of hydrogen-bond acceptors (Lipinski definition) is 8. The first-order valence-electron chi connectivity index (χ1n) is 14.9. The third-order valence-electron chi connectivity index (χ3n) is 10.2. The smallest absolute Gasteiger partial charge is 0.244 e. The van der Waals surface area contributed by atoms with E-state index in [4.69, 9.17) is 32.4 Å². The minimum Gasteiger partial charge on any atom is -0.425 e. The van der Waals surface area contributed by atoms with Crippen LogP contribution in [0.2, 0.25) is 10.2 Å². The van der Waals surface area contributed by atoms with Crippen molar-refractivity contribution >= 4 is 40.7 Å². The zero-order chi connectivity index (χ0) is 30.9. The van der Waals surface area contributed by atoms with Gasteiger partial charge in [0.15, 0.2) is 0 Å². The van der Waals surface area contributed by atoms with Gasteiger partial charge in [0.1, 0.15) is 22.5 Å². The summed E-state index contributed by atoms with van der Waals surface area (Å²) >= 11 is 12.6. The highest BCUT2D eigenvalue weighted by Gasteiger charge is 2.73. The molecule has 3 aromatic rings. The Labute approximate surface area is 263 Å². The number of nitrogens with zero attached hydrogens (tertiary/aromatic N) is 3. The van der Waals surface area contributed by atoms with E-state index in [1.807, 2.05) is 0 Å². The average Bonchev–Trinajstić information content (AvgIpc) is 3.70. The number of anilines is 1. The van der Waals surface area contributed by atoms with Gasteiger partial charge in [-0.15, -0.1) is 10.2 Å². The summed E-state index contributed by atoms with van der Waals surface area (Å²) in [6, 6.07) is 5.07. The molecule has 0 radical (unpaired) electrons. The lowest BCUT2D eigenvalue weighted by molar-refractivity contribution is -0.126. The highest BCUT2D eigenvalue weighted by atomic mass is 35.5. The number of nitrogens with one attached hydrogen (secondary N) is 3.